The fourth-order valence-electron chi connectivity index (χ4n) is 5.04. The zero-order chi connectivity index (χ0) is 27.1. The number of amides is 2. The zero-order valence-electron chi connectivity index (χ0n) is 21.9. The average Bonchev–Trinajstić information content (AvgIpc) is 3.69. The van der Waals surface area contributed by atoms with Gasteiger partial charge in [-0.25, -0.2) is 9.07 Å². The van der Waals surface area contributed by atoms with Crippen molar-refractivity contribution in [2.45, 2.75) is 38.0 Å². The SMILES string of the molecule is Cc1cccc(-n2nc(-c3ccccc3)c3c2N(CC(=O)NC2CC2)C(=O)CS[C@H]3c2ccccc2F)c1C. The number of rotatable bonds is 6. The summed E-state index contributed by atoms with van der Waals surface area (Å²) in [5.74, 6) is -0.146. The molecule has 2 aliphatic rings. The van der Waals surface area contributed by atoms with Crippen molar-refractivity contribution in [1.82, 2.24) is 15.1 Å². The van der Waals surface area contributed by atoms with Gasteiger partial charge in [0, 0.05) is 22.7 Å². The van der Waals surface area contributed by atoms with Crippen LogP contribution in [0.25, 0.3) is 16.9 Å². The quantitative estimate of drug-likeness (QED) is 0.339. The number of aromatic nitrogens is 2. The number of anilines is 1. The van der Waals surface area contributed by atoms with Crippen LogP contribution in [0, 0.1) is 19.7 Å². The van der Waals surface area contributed by atoms with E-state index in [2.05, 4.69) is 5.32 Å². The fraction of sp³-hybridized carbons (Fsp3) is 0.258. The van der Waals surface area contributed by atoms with Crippen molar-refractivity contribution in [1.29, 1.82) is 0 Å². The Morgan fingerprint density at radius 2 is 1.77 bits per heavy atom. The van der Waals surface area contributed by atoms with Gasteiger partial charge in [0.1, 0.15) is 18.2 Å². The molecule has 1 fully saturated rings. The number of benzene rings is 3. The Hall–Kier alpha value is -3.91. The van der Waals surface area contributed by atoms with Crippen LogP contribution >= 0.6 is 11.8 Å². The van der Waals surface area contributed by atoms with Crippen molar-refractivity contribution < 1.29 is 14.0 Å². The van der Waals surface area contributed by atoms with Gasteiger partial charge in [-0.2, -0.15) is 5.10 Å². The van der Waals surface area contributed by atoms with E-state index in [1.54, 1.807) is 21.7 Å². The number of carbonyl (C=O) groups is 2. The fourth-order valence-corrected chi connectivity index (χ4v) is 6.26. The van der Waals surface area contributed by atoms with E-state index < -0.39 is 5.25 Å². The molecular formula is C31H29FN4O2S. The summed E-state index contributed by atoms with van der Waals surface area (Å²) in [6, 6.07) is 22.6. The van der Waals surface area contributed by atoms with E-state index in [0.29, 0.717) is 17.1 Å². The van der Waals surface area contributed by atoms with Crippen LogP contribution in [0.1, 0.15) is 40.3 Å². The predicted octanol–water partition coefficient (Wildman–Crippen LogP) is 5.74. The minimum absolute atomic E-state index is 0.103. The highest BCUT2D eigenvalue weighted by Gasteiger charge is 2.39. The zero-order valence-corrected chi connectivity index (χ0v) is 22.7. The molecule has 0 radical (unpaired) electrons. The van der Waals surface area contributed by atoms with Crippen LogP contribution in [-0.4, -0.2) is 39.9 Å². The molecule has 1 saturated carbocycles. The number of halogens is 1. The normalized spacial score (nSPS) is 17.1. The molecule has 0 saturated heterocycles. The minimum Gasteiger partial charge on any atom is -0.352 e. The number of nitrogens with zero attached hydrogens (tertiary/aromatic N) is 3. The highest BCUT2D eigenvalue weighted by Crippen LogP contribution is 2.49. The topological polar surface area (TPSA) is 67.2 Å². The molecule has 1 atom stereocenters. The number of nitrogens with one attached hydrogen (secondary N) is 1. The summed E-state index contributed by atoms with van der Waals surface area (Å²) in [5.41, 5.74) is 5.63. The Balaban J connectivity index is 1.64. The molecule has 6 nitrogen and oxygen atoms in total. The van der Waals surface area contributed by atoms with Gasteiger partial charge in [-0.3, -0.25) is 14.5 Å². The Labute approximate surface area is 231 Å². The van der Waals surface area contributed by atoms with Gasteiger partial charge in [0.25, 0.3) is 0 Å². The first-order chi connectivity index (χ1) is 18.9. The largest absolute Gasteiger partial charge is 0.352 e. The summed E-state index contributed by atoms with van der Waals surface area (Å²) in [5, 5.41) is 7.61. The van der Waals surface area contributed by atoms with E-state index in [1.165, 1.54) is 17.8 Å². The lowest BCUT2D eigenvalue weighted by Gasteiger charge is -2.24. The van der Waals surface area contributed by atoms with Gasteiger partial charge >= 0.3 is 0 Å². The molecular weight excluding hydrogens is 511 g/mol. The van der Waals surface area contributed by atoms with E-state index in [-0.39, 0.29) is 36.0 Å². The second-order valence-electron chi connectivity index (χ2n) is 10.1. The molecule has 0 spiro atoms. The first-order valence-corrected chi connectivity index (χ1v) is 14.2. The third kappa shape index (κ3) is 4.85. The summed E-state index contributed by atoms with van der Waals surface area (Å²) in [6.45, 7) is 3.92. The van der Waals surface area contributed by atoms with Gasteiger partial charge in [0.2, 0.25) is 11.8 Å². The number of hydrogen-bond acceptors (Lipinski definition) is 4. The molecule has 1 aromatic heterocycles. The van der Waals surface area contributed by atoms with Crippen LogP contribution in [-0.2, 0) is 9.59 Å². The van der Waals surface area contributed by atoms with Crippen LogP contribution in [0.5, 0.6) is 0 Å². The number of thioether (sulfide) groups is 1. The van der Waals surface area contributed by atoms with E-state index in [0.717, 1.165) is 40.8 Å². The molecule has 0 bridgehead atoms. The van der Waals surface area contributed by atoms with Gasteiger partial charge < -0.3 is 5.32 Å². The van der Waals surface area contributed by atoms with Crippen molar-refractivity contribution in [2.75, 3.05) is 17.2 Å². The van der Waals surface area contributed by atoms with Crippen molar-refractivity contribution in [3.05, 3.63) is 101 Å². The average molecular weight is 541 g/mol. The number of hydrogen-bond donors (Lipinski definition) is 1. The van der Waals surface area contributed by atoms with Gasteiger partial charge in [-0.05, 0) is 49.9 Å². The lowest BCUT2D eigenvalue weighted by Crippen LogP contribution is -2.43. The van der Waals surface area contributed by atoms with Crippen molar-refractivity contribution in [2.24, 2.45) is 0 Å². The first kappa shape index (κ1) is 25.4. The number of aryl methyl sites for hydroxylation is 1. The standard InChI is InChI=1S/C31H29FN4O2S/c1-19-9-8-14-25(20(19)2)36-31-28(29(34-36)21-10-4-3-5-11-21)30(23-12-6-7-13-24(23)32)39-18-27(38)35(31)17-26(37)33-22-15-16-22/h3-14,22,30H,15-18H2,1-2H3,(H,33,37)/t30-/m0/s1. The molecule has 8 heteroatoms. The van der Waals surface area contributed by atoms with Crippen molar-refractivity contribution >= 4 is 29.4 Å². The van der Waals surface area contributed by atoms with Crippen molar-refractivity contribution in [3.63, 3.8) is 0 Å². The van der Waals surface area contributed by atoms with E-state index >= 15 is 4.39 Å². The highest BCUT2D eigenvalue weighted by atomic mass is 32.2. The molecule has 2 amide bonds. The maximum Gasteiger partial charge on any atom is 0.240 e. The maximum absolute atomic E-state index is 15.3. The maximum atomic E-state index is 15.3. The molecule has 1 aliphatic heterocycles. The van der Waals surface area contributed by atoms with Gasteiger partial charge in [-0.1, -0.05) is 60.7 Å². The highest BCUT2D eigenvalue weighted by molar-refractivity contribution is 8.00. The van der Waals surface area contributed by atoms with Crippen LogP contribution in [0.15, 0.2) is 72.8 Å². The van der Waals surface area contributed by atoms with E-state index in [4.69, 9.17) is 5.10 Å². The minimum atomic E-state index is -0.504. The monoisotopic (exact) mass is 540 g/mol. The Bertz CT molecular complexity index is 1560. The van der Waals surface area contributed by atoms with E-state index in [1.807, 2.05) is 68.4 Å². The summed E-state index contributed by atoms with van der Waals surface area (Å²) in [7, 11) is 0. The van der Waals surface area contributed by atoms with Crippen LogP contribution < -0.4 is 10.2 Å². The van der Waals surface area contributed by atoms with Crippen LogP contribution in [0.3, 0.4) is 0 Å². The van der Waals surface area contributed by atoms with Crippen molar-refractivity contribution in [3.8, 4) is 16.9 Å². The van der Waals surface area contributed by atoms with Gasteiger partial charge in [-0.15, -0.1) is 11.8 Å². The third-order valence-corrected chi connectivity index (χ3v) is 8.61. The number of fused-ring (bicyclic) bond motifs is 1. The molecule has 1 aliphatic carbocycles. The second-order valence-corrected chi connectivity index (χ2v) is 11.2. The van der Waals surface area contributed by atoms with Crippen LogP contribution in [0.2, 0.25) is 0 Å². The Morgan fingerprint density at radius 1 is 1.03 bits per heavy atom. The summed E-state index contributed by atoms with van der Waals surface area (Å²) in [4.78, 5) is 28.4. The number of carbonyl (C=O) groups excluding carboxylic acids is 2. The molecule has 2 heterocycles. The van der Waals surface area contributed by atoms with E-state index in [9.17, 15) is 9.59 Å². The second kappa shape index (κ2) is 10.3. The summed E-state index contributed by atoms with van der Waals surface area (Å²) in [6.07, 6.45) is 1.91. The lowest BCUT2D eigenvalue weighted by atomic mass is 9.99. The Kier molecular flexibility index (Phi) is 6.73. The molecule has 6 rings (SSSR count). The molecule has 4 aromatic rings. The predicted molar refractivity (Wildman–Crippen MR) is 153 cm³/mol. The lowest BCUT2D eigenvalue weighted by molar-refractivity contribution is -0.123. The van der Waals surface area contributed by atoms with Crippen LogP contribution in [0.4, 0.5) is 10.2 Å². The molecule has 1 N–H and O–H groups in total. The molecule has 0 unspecified atom stereocenters. The molecule has 3 aromatic carbocycles. The summed E-state index contributed by atoms with van der Waals surface area (Å²) < 4.78 is 17.1. The van der Waals surface area contributed by atoms with Gasteiger partial charge in [0.15, 0.2) is 0 Å². The third-order valence-electron chi connectivity index (χ3n) is 7.37. The summed E-state index contributed by atoms with van der Waals surface area (Å²) >= 11 is 1.37. The van der Waals surface area contributed by atoms with Gasteiger partial charge in [0.05, 0.1) is 22.4 Å². The molecule has 198 valence electrons. The first-order valence-electron chi connectivity index (χ1n) is 13.1. The Morgan fingerprint density at radius 3 is 2.51 bits per heavy atom. The molecule has 39 heavy (non-hydrogen) atoms. The smallest absolute Gasteiger partial charge is 0.240 e.